The van der Waals surface area contributed by atoms with E-state index in [9.17, 15) is 0 Å². The van der Waals surface area contributed by atoms with E-state index in [4.69, 9.17) is 6.42 Å². The molecule has 1 unspecified atom stereocenters. The molecule has 2 heteroatoms. The lowest BCUT2D eigenvalue weighted by atomic mass is 9.88. The van der Waals surface area contributed by atoms with Crippen LogP contribution in [-0.4, -0.2) is 12.5 Å². The number of aryl methyl sites for hydroxylation is 1. The van der Waals surface area contributed by atoms with Gasteiger partial charge in [0.05, 0.1) is 5.92 Å². The van der Waals surface area contributed by atoms with Gasteiger partial charge in [0.15, 0.2) is 8.24 Å². The van der Waals surface area contributed by atoms with Crippen molar-refractivity contribution >= 4 is 29.9 Å². The molecule has 1 nitrogen and oxygen atoms in total. The van der Waals surface area contributed by atoms with Crippen molar-refractivity contribution in [1.82, 2.24) is 4.23 Å². The van der Waals surface area contributed by atoms with E-state index in [1.165, 1.54) is 38.4 Å². The number of nitrogens with zero attached hydrogens (tertiary/aromatic N) is 1. The highest BCUT2D eigenvalue weighted by Crippen LogP contribution is 2.46. The van der Waals surface area contributed by atoms with E-state index in [0.29, 0.717) is 16.6 Å². The van der Waals surface area contributed by atoms with E-state index < -0.39 is 8.24 Å². The van der Waals surface area contributed by atoms with Crippen molar-refractivity contribution in [2.24, 2.45) is 0 Å². The fraction of sp³-hybridized carbons (Fsp3) is 0.355. The zero-order valence-electron chi connectivity index (χ0n) is 21.2. The van der Waals surface area contributed by atoms with Crippen molar-refractivity contribution in [3.8, 4) is 12.3 Å². The summed E-state index contributed by atoms with van der Waals surface area (Å²) in [4.78, 5) is 0. The van der Waals surface area contributed by atoms with Gasteiger partial charge in [0.1, 0.15) is 0 Å². The largest absolute Gasteiger partial charge is 0.373 e. The minimum atomic E-state index is -1.93. The highest BCUT2D eigenvalue weighted by molar-refractivity contribution is 6.82. The minimum absolute atomic E-state index is 0.0835. The summed E-state index contributed by atoms with van der Waals surface area (Å²) in [5, 5.41) is 3.80. The molecule has 4 aromatic rings. The van der Waals surface area contributed by atoms with Crippen LogP contribution in [0.5, 0.6) is 0 Å². The molecule has 0 N–H and O–H groups in total. The Morgan fingerprint density at radius 2 is 1.39 bits per heavy atom. The standard InChI is InChI=1S/C31H37NSi/c1-9-26(28-16-12-14-25-13-10-11-15-27(25)28)30-20-32(31-18-17-24(8)19-29(30)31)33(21(2)3,22(4)5)23(6)7/h1,10-23,26H,2-8H3. The first kappa shape index (κ1) is 23.4. The molecule has 1 atom stereocenters. The normalized spacial score (nSPS) is 13.4. The summed E-state index contributed by atoms with van der Waals surface area (Å²) >= 11 is 0. The Bertz CT molecular complexity index is 1310. The SMILES string of the molecule is C#CC(c1cccc2ccccc12)c1cn([Si](C(C)C)(C(C)C)C(C)C)c2ccc(C)cc12. The number of rotatable bonds is 6. The summed E-state index contributed by atoms with van der Waals surface area (Å²) < 4.78 is 2.71. The fourth-order valence-electron chi connectivity index (χ4n) is 6.60. The summed E-state index contributed by atoms with van der Waals surface area (Å²) in [7, 11) is -1.93. The number of terminal acetylenes is 1. The molecule has 0 saturated heterocycles. The van der Waals surface area contributed by atoms with Crippen LogP contribution in [0.3, 0.4) is 0 Å². The molecule has 0 aliphatic heterocycles. The van der Waals surface area contributed by atoms with E-state index in [2.05, 4.69) is 125 Å². The second-order valence-corrected chi connectivity index (χ2v) is 16.2. The van der Waals surface area contributed by atoms with E-state index in [1.807, 2.05) is 0 Å². The van der Waals surface area contributed by atoms with Crippen LogP contribution in [-0.2, 0) is 0 Å². The molecular weight excluding hydrogens is 414 g/mol. The van der Waals surface area contributed by atoms with Crippen LogP contribution in [0.4, 0.5) is 0 Å². The molecule has 0 aliphatic rings. The highest BCUT2D eigenvalue weighted by Gasteiger charge is 2.46. The summed E-state index contributed by atoms with van der Waals surface area (Å²) in [5.41, 5.74) is 6.96. The maximum absolute atomic E-state index is 6.31. The average Bonchev–Trinajstić information content (AvgIpc) is 3.12. The van der Waals surface area contributed by atoms with Gasteiger partial charge in [0, 0.05) is 17.1 Å². The molecule has 0 saturated carbocycles. The molecule has 0 radical (unpaired) electrons. The minimum Gasteiger partial charge on any atom is -0.373 e. The zero-order valence-corrected chi connectivity index (χ0v) is 22.2. The molecule has 0 bridgehead atoms. The second-order valence-electron chi connectivity index (χ2n) is 10.5. The highest BCUT2D eigenvalue weighted by atomic mass is 28.3. The molecule has 0 fully saturated rings. The monoisotopic (exact) mass is 451 g/mol. The molecule has 33 heavy (non-hydrogen) atoms. The van der Waals surface area contributed by atoms with Crippen molar-refractivity contribution in [3.63, 3.8) is 0 Å². The van der Waals surface area contributed by atoms with Gasteiger partial charge in [0.2, 0.25) is 0 Å². The molecule has 0 amide bonds. The number of hydrogen-bond acceptors (Lipinski definition) is 0. The van der Waals surface area contributed by atoms with Gasteiger partial charge in [-0.15, -0.1) is 6.42 Å². The summed E-state index contributed by atoms with van der Waals surface area (Å²) in [5.74, 6) is 3.11. The summed E-state index contributed by atoms with van der Waals surface area (Å²) in [6, 6.07) is 22.0. The van der Waals surface area contributed by atoms with Gasteiger partial charge >= 0.3 is 0 Å². The van der Waals surface area contributed by atoms with Crippen LogP contribution in [0.2, 0.25) is 16.6 Å². The van der Waals surface area contributed by atoms with Crippen LogP contribution >= 0.6 is 0 Å². The van der Waals surface area contributed by atoms with E-state index in [-0.39, 0.29) is 5.92 Å². The van der Waals surface area contributed by atoms with Gasteiger partial charge in [-0.25, -0.2) is 0 Å². The lowest BCUT2D eigenvalue weighted by Gasteiger charge is -2.44. The fourth-order valence-corrected chi connectivity index (χ4v) is 13.2. The van der Waals surface area contributed by atoms with Gasteiger partial charge in [0.25, 0.3) is 0 Å². The van der Waals surface area contributed by atoms with Crippen molar-refractivity contribution in [1.29, 1.82) is 0 Å². The smallest absolute Gasteiger partial charge is 0.169 e. The van der Waals surface area contributed by atoms with Crippen LogP contribution in [0.15, 0.2) is 66.9 Å². The molecule has 1 aromatic heterocycles. The van der Waals surface area contributed by atoms with E-state index in [1.54, 1.807) is 0 Å². The summed E-state index contributed by atoms with van der Waals surface area (Å²) in [6.45, 7) is 16.7. The number of hydrogen-bond donors (Lipinski definition) is 0. The lowest BCUT2D eigenvalue weighted by molar-refractivity contribution is 0.771. The predicted molar refractivity (Wildman–Crippen MR) is 148 cm³/mol. The summed E-state index contributed by atoms with van der Waals surface area (Å²) in [6.07, 6.45) is 8.75. The molecular formula is C31H37NSi. The van der Waals surface area contributed by atoms with Gasteiger partial charge in [-0.05, 0) is 57.6 Å². The molecule has 0 aliphatic carbocycles. The van der Waals surface area contributed by atoms with Crippen molar-refractivity contribution in [2.45, 2.75) is 71.0 Å². The van der Waals surface area contributed by atoms with Crippen molar-refractivity contribution in [2.75, 3.05) is 0 Å². The van der Waals surface area contributed by atoms with E-state index in [0.717, 1.165) is 0 Å². The molecule has 0 spiro atoms. The Hall–Kier alpha value is -2.76. The Morgan fingerprint density at radius 1 is 0.758 bits per heavy atom. The van der Waals surface area contributed by atoms with Gasteiger partial charge in [-0.2, -0.15) is 0 Å². The van der Waals surface area contributed by atoms with E-state index >= 15 is 0 Å². The molecule has 170 valence electrons. The van der Waals surface area contributed by atoms with Crippen molar-refractivity contribution in [3.05, 3.63) is 83.6 Å². The first-order valence-electron chi connectivity index (χ1n) is 12.3. The van der Waals surface area contributed by atoms with Crippen LogP contribution in [0.25, 0.3) is 21.7 Å². The Balaban J connectivity index is 2.07. The average molecular weight is 452 g/mol. The molecule has 3 aromatic carbocycles. The Kier molecular flexibility index (Phi) is 6.30. The van der Waals surface area contributed by atoms with Crippen LogP contribution < -0.4 is 0 Å². The molecule has 4 rings (SSSR count). The van der Waals surface area contributed by atoms with Gasteiger partial charge < -0.3 is 4.23 Å². The third-order valence-electron chi connectivity index (χ3n) is 7.79. The number of aromatic nitrogens is 1. The first-order valence-corrected chi connectivity index (χ1v) is 14.5. The third-order valence-corrected chi connectivity index (χ3v) is 14.5. The maximum Gasteiger partial charge on any atom is 0.169 e. The maximum atomic E-state index is 6.31. The number of benzene rings is 3. The topological polar surface area (TPSA) is 4.93 Å². The molecule has 1 heterocycles. The number of fused-ring (bicyclic) bond motifs is 2. The van der Waals surface area contributed by atoms with Crippen LogP contribution in [0, 0.1) is 19.3 Å². The van der Waals surface area contributed by atoms with Gasteiger partial charge in [-0.1, -0.05) is 102 Å². The Morgan fingerprint density at radius 3 is 2.03 bits per heavy atom. The van der Waals surface area contributed by atoms with Crippen molar-refractivity contribution < 1.29 is 0 Å². The lowest BCUT2D eigenvalue weighted by Crippen LogP contribution is -2.51. The second kappa shape index (κ2) is 8.88. The third kappa shape index (κ3) is 3.64. The zero-order chi connectivity index (χ0) is 23.9. The van der Waals surface area contributed by atoms with Gasteiger partial charge in [-0.3, -0.25) is 0 Å². The predicted octanol–water partition coefficient (Wildman–Crippen LogP) is 8.89. The van der Waals surface area contributed by atoms with Crippen LogP contribution in [0.1, 0.15) is 64.2 Å². The quantitative estimate of drug-likeness (QED) is 0.204. The Labute approximate surface area is 200 Å². The first-order chi connectivity index (χ1) is 15.7.